The summed E-state index contributed by atoms with van der Waals surface area (Å²) in [6.45, 7) is 5.66. The Balaban J connectivity index is 1.31. The van der Waals surface area contributed by atoms with Gasteiger partial charge in [-0.05, 0) is 60.9 Å². The summed E-state index contributed by atoms with van der Waals surface area (Å²) in [5.41, 5.74) is 4.95. The molecule has 7 heteroatoms. The van der Waals surface area contributed by atoms with E-state index in [1.165, 1.54) is 0 Å². The molecule has 0 saturated carbocycles. The number of aromatic nitrogens is 1. The van der Waals surface area contributed by atoms with Gasteiger partial charge in [-0.3, -0.25) is 4.79 Å². The van der Waals surface area contributed by atoms with Gasteiger partial charge in [0.05, 0.1) is 6.54 Å². The zero-order valence-corrected chi connectivity index (χ0v) is 20.8. The SMILES string of the molecule is Cc1ccc(C)c(OCCn2cc(/C=C(\C#N)C(=O)NCc3ccc4c(c3)OCO4)c3ccccc32)c1. The standard InChI is InChI=1S/C30H27N3O4/c1-20-7-8-21(2)28(13-20)35-12-11-33-18-24(25-5-3-4-6-26(25)33)15-23(16-31)30(34)32-17-22-9-10-27-29(14-22)37-19-36-27/h3-10,13-15,18H,11-12,17,19H2,1-2H3,(H,32,34)/b23-15+. The minimum atomic E-state index is -0.435. The molecule has 186 valence electrons. The summed E-state index contributed by atoms with van der Waals surface area (Å²) >= 11 is 0. The quantitative estimate of drug-likeness (QED) is 0.266. The van der Waals surface area contributed by atoms with Crippen LogP contribution in [0.3, 0.4) is 0 Å². The molecule has 0 saturated heterocycles. The monoisotopic (exact) mass is 493 g/mol. The van der Waals surface area contributed by atoms with Gasteiger partial charge >= 0.3 is 0 Å². The van der Waals surface area contributed by atoms with Crippen molar-refractivity contribution in [2.24, 2.45) is 0 Å². The van der Waals surface area contributed by atoms with Crippen molar-refractivity contribution in [1.29, 1.82) is 5.26 Å². The molecule has 1 N–H and O–H groups in total. The van der Waals surface area contributed by atoms with Gasteiger partial charge in [-0.15, -0.1) is 0 Å². The molecule has 1 aromatic heterocycles. The number of hydrogen-bond donors (Lipinski definition) is 1. The fourth-order valence-electron chi connectivity index (χ4n) is 4.32. The molecule has 5 rings (SSSR count). The van der Waals surface area contributed by atoms with Crippen LogP contribution in [0.1, 0.15) is 22.3 Å². The summed E-state index contributed by atoms with van der Waals surface area (Å²) < 4.78 is 18.9. The summed E-state index contributed by atoms with van der Waals surface area (Å²) in [6.07, 6.45) is 3.60. The van der Waals surface area contributed by atoms with Crippen LogP contribution in [0.5, 0.6) is 17.2 Å². The normalized spacial score (nSPS) is 12.4. The number of fused-ring (bicyclic) bond motifs is 2. The van der Waals surface area contributed by atoms with Crippen LogP contribution in [0.4, 0.5) is 0 Å². The maximum Gasteiger partial charge on any atom is 0.262 e. The number of para-hydroxylation sites is 1. The number of nitrogens with zero attached hydrogens (tertiary/aromatic N) is 2. The third-order valence-electron chi connectivity index (χ3n) is 6.31. The molecule has 0 bridgehead atoms. The number of nitriles is 1. The van der Waals surface area contributed by atoms with Crippen LogP contribution in [0.25, 0.3) is 17.0 Å². The van der Waals surface area contributed by atoms with E-state index in [4.69, 9.17) is 14.2 Å². The van der Waals surface area contributed by atoms with Gasteiger partial charge in [-0.1, -0.05) is 36.4 Å². The van der Waals surface area contributed by atoms with Crippen molar-refractivity contribution >= 4 is 22.9 Å². The number of aryl methyl sites for hydroxylation is 2. The first kappa shape index (κ1) is 24.0. The Kier molecular flexibility index (Phi) is 6.82. The summed E-state index contributed by atoms with van der Waals surface area (Å²) in [5, 5.41) is 13.5. The molecule has 0 atom stereocenters. The highest BCUT2D eigenvalue weighted by atomic mass is 16.7. The molecule has 0 radical (unpaired) electrons. The van der Waals surface area contributed by atoms with E-state index in [2.05, 4.69) is 22.0 Å². The summed E-state index contributed by atoms with van der Waals surface area (Å²) in [4.78, 5) is 12.8. The Bertz CT molecular complexity index is 1540. The highest BCUT2D eigenvalue weighted by molar-refractivity contribution is 6.04. The lowest BCUT2D eigenvalue weighted by Crippen LogP contribution is -2.23. The van der Waals surface area contributed by atoms with E-state index in [0.717, 1.165) is 38.9 Å². The minimum absolute atomic E-state index is 0.0373. The van der Waals surface area contributed by atoms with E-state index in [1.807, 2.05) is 74.6 Å². The van der Waals surface area contributed by atoms with Gasteiger partial charge in [-0.2, -0.15) is 5.26 Å². The Labute approximate surface area is 215 Å². The van der Waals surface area contributed by atoms with E-state index < -0.39 is 5.91 Å². The van der Waals surface area contributed by atoms with Gasteiger partial charge in [0.15, 0.2) is 11.5 Å². The molecule has 1 amide bonds. The first-order chi connectivity index (χ1) is 18.0. The number of carbonyl (C=O) groups excluding carboxylic acids is 1. The van der Waals surface area contributed by atoms with E-state index in [-0.39, 0.29) is 18.9 Å². The van der Waals surface area contributed by atoms with Gasteiger partial charge in [-0.25, -0.2) is 0 Å². The second-order valence-corrected chi connectivity index (χ2v) is 8.95. The van der Waals surface area contributed by atoms with Crippen LogP contribution in [0.15, 0.2) is 72.4 Å². The fourth-order valence-corrected chi connectivity index (χ4v) is 4.32. The van der Waals surface area contributed by atoms with Gasteiger partial charge in [0.25, 0.3) is 5.91 Å². The molecule has 1 aliphatic rings. The molecular formula is C30H27N3O4. The molecule has 2 heterocycles. The van der Waals surface area contributed by atoms with Gasteiger partial charge < -0.3 is 24.1 Å². The molecule has 0 fully saturated rings. The number of hydrogen-bond acceptors (Lipinski definition) is 5. The maximum atomic E-state index is 12.8. The van der Waals surface area contributed by atoms with Crippen LogP contribution in [-0.2, 0) is 17.9 Å². The van der Waals surface area contributed by atoms with Gasteiger partial charge in [0.1, 0.15) is 24.0 Å². The average Bonchev–Trinajstić information content (AvgIpc) is 3.52. The highest BCUT2D eigenvalue weighted by Gasteiger charge is 2.15. The van der Waals surface area contributed by atoms with Gasteiger partial charge in [0, 0.05) is 29.2 Å². The molecule has 7 nitrogen and oxygen atoms in total. The number of carbonyl (C=O) groups is 1. The first-order valence-electron chi connectivity index (χ1n) is 12.1. The lowest BCUT2D eigenvalue weighted by Gasteiger charge is -2.11. The molecule has 1 aliphatic heterocycles. The average molecular weight is 494 g/mol. The lowest BCUT2D eigenvalue weighted by molar-refractivity contribution is -0.117. The fraction of sp³-hybridized carbons (Fsp3) is 0.200. The predicted octanol–water partition coefficient (Wildman–Crippen LogP) is 5.29. The Morgan fingerprint density at radius 2 is 1.95 bits per heavy atom. The summed E-state index contributed by atoms with van der Waals surface area (Å²) in [7, 11) is 0. The Hall–Kier alpha value is -4.70. The predicted molar refractivity (Wildman–Crippen MR) is 141 cm³/mol. The molecule has 0 unspecified atom stereocenters. The number of nitrogens with one attached hydrogen (secondary N) is 1. The Morgan fingerprint density at radius 1 is 1.11 bits per heavy atom. The topological polar surface area (TPSA) is 85.5 Å². The van der Waals surface area contributed by atoms with Crippen molar-refractivity contribution in [2.75, 3.05) is 13.4 Å². The molecular weight excluding hydrogens is 466 g/mol. The van der Waals surface area contributed by atoms with Crippen molar-refractivity contribution in [3.05, 3.63) is 94.7 Å². The number of ether oxygens (including phenoxy) is 3. The number of rotatable bonds is 8. The van der Waals surface area contributed by atoms with Crippen LogP contribution in [0.2, 0.25) is 0 Å². The van der Waals surface area contributed by atoms with Crippen LogP contribution in [-0.4, -0.2) is 23.9 Å². The van der Waals surface area contributed by atoms with Crippen molar-refractivity contribution < 1.29 is 19.0 Å². The first-order valence-corrected chi connectivity index (χ1v) is 12.1. The molecule has 0 spiro atoms. The number of benzene rings is 3. The van der Waals surface area contributed by atoms with Crippen molar-refractivity contribution in [2.45, 2.75) is 26.9 Å². The van der Waals surface area contributed by atoms with Crippen molar-refractivity contribution in [3.63, 3.8) is 0 Å². The third-order valence-corrected chi connectivity index (χ3v) is 6.31. The van der Waals surface area contributed by atoms with Crippen LogP contribution >= 0.6 is 0 Å². The lowest BCUT2D eigenvalue weighted by atomic mass is 10.1. The number of amides is 1. The summed E-state index contributed by atoms with van der Waals surface area (Å²) in [6, 6.07) is 21.6. The minimum Gasteiger partial charge on any atom is -0.491 e. The van der Waals surface area contributed by atoms with E-state index in [0.29, 0.717) is 24.7 Å². The zero-order valence-electron chi connectivity index (χ0n) is 20.8. The Morgan fingerprint density at radius 3 is 2.81 bits per heavy atom. The second-order valence-electron chi connectivity index (χ2n) is 8.95. The van der Waals surface area contributed by atoms with Crippen molar-refractivity contribution in [3.8, 4) is 23.3 Å². The molecule has 0 aliphatic carbocycles. The van der Waals surface area contributed by atoms with E-state index in [1.54, 1.807) is 6.08 Å². The van der Waals surface area contributed by atoms with E-state index >= 15 is 0 Å². The highest BCUT2D eigenvalue weighted by Crippen LogP contribution is 2.32. The smallest absolute Gasteiger partial charge is 0.262 e. The molecule has 3 aromatic carbocycles. The summed E-state index contributed by atoms with van der Waals surface area (Å²) in [5.74, 6) is 1.78. The van der Waals surface area contributed by atoms with E-state index in [9.17, 15) is 10.1 Å². The second kappa shape index (κ2) is 10.5. The molecule has 4 aromatic rings. The zero-order chi connectivity index (χ0) is 25.8. The van der Waals surface area contributed by atoms with Crippen LogP contribution < -0.4 is 19.5 Å². The molecule has 37 heavy (non-hydrogen) atoms. The van der Waals surface area contributed by atoms with Crippen molar-refractivity contribution in [1.82, 2.24) is 9.88 Å². The van der Waals surface area contributed by atoms with Crippen LogP contribution in [0, 0.1) is 25.2 Å². The van der Waals surface area contributed by atoms with Gasteiger partial charge in [0.2, 0.25) is 6.79 Å². The largest absolute Gasteiger partial charge is 0.491 e. The third kappa shape index (κ3) is 5.29. The maximum absolute atomic E-state index is 12.8.